The number of benzene rings is 1. The van der Waals surface area contributed by atoms with Crippen molar-refractivity contribution in [3.05, 3.63) is 35.4 Å². The molecule has 0 aliphatic heterocycles. The molecule has 0 heterocycles. The van der Waals surface area contributed by atoms with E-state index in [0.717, 1.165) is 5.56 Å². The van der Waals surface area contributed by atoms with E-state index in [9.17, 15) is 4.79 Å². The molecule has 0 aliphatic carbocycles. The number of hydrogen-bond donors (Lipinski definition) is 0. The van der Waals surface area contributed by atoms with Crippen LogP contribution >= 0.6 is 11.8 Å². The monoisotopic (exact) mass is 236 g/mol. The average Bonchev–Trinajstić information content (AvgIpc) is 2.26. The zero-order valence-electron chi connectivity index (χ0n) is 10.7. The van der Waals surface area contributed by atoms with Gasteiger partial charge in [0.15, 0.2) is 5.78 Å². The Balaban J connectivity index is 2.91. The third-order valence-electron chi connectivity index (χ3n) is 2.68. The van der Waals surface area contributed by atoms with Gasteiger partial charge in [0, 0.05) is 16.2 Å². The van der Waals surface area contributed by atoms with E-state index < -0.39 is 0 Å². The van der Waals surface area contributed by atoms with Crippen molar-refractivity contribution in [3.8, 4) is 0 Å². The lowest BCUT2D eigenvalue weighted by Gasteiger charge is -2.17. The van der Waals surface area contributed by atoms with E-state index in [-0.39, 0.29) is 11.2 Å². The van der Waals surface area contributed by atoms with Crippen molar-refractivity contribution in [1.29, 1.82) is 0 Å². The van der Waals surface area contributed by atoms with Crippen LogP contribution in [0.3, 0.4) is 0 Å². The van der Waals surface area contributed by atoms with Crippen molar-refractivity contribution in [2.75, 3.05) is 6.26 Å². The maximum atomic E-state index is 12.0. The molecule has 1 aromatic rings. The predicted octanol–water partition coefficient (Wildman–Crippen LogP) is 4.34. The van der Waals surface area contributed by atoms with Gasteiger partial charge in [0.25, 0.3) is 0 Å². The molecule has 88 valence electrons. The molecule has 0 amide bonds. The number of Topliss-reactive ketones (excluding diaryl/α,β-unsaturated/α-hetero) is 1. The van der Waals surface area contributed by atoms with Crippen molar-refractivity contribution in [3.63, 3.8) is 0 Å². The summed E-state index contributed by atoms with van der Waals surface area (Å²) in [4.78, 5) is 12.0. The highest BCUT2D eigenvalue weighted by molar-refractivity contribution is 7.98. The van der Waals surface area contributed by atoms with E-state index in [0.29, 0.717) is 5.25 Å². The highest BCUT2D eigenvalue weighted by Gasteiger charge is 2.22. The summed E-state index contributed by atoms with van der Waals surface area (Å²) in [6.07, 6.45) is 2.10. The fraction of sp³-hybridized carbons (Fsp3) is 0.500. The normalized spacial score (nSPS) is 13.6. The maximum absolute atomic E-state index is 12.0. The van der Waals surface area contributed by atoms with Crippen molar-refractivity contribution in [2.24, 2.45) is 5.41 Å². The molecule has 1 unspecified atom stereocenters. The van der Waals surface area contributed by atoms with E-state index in [1.165, 1.54) is 5.56 Å². The molecular weight excluding hydrogens is 216 g/mol. The largest absolute Gasteiger partial charge is 0.294 e. The lowest BCUT2D eigenvalue weighted by molar-refractivity contribution is 0.0858. The summed E-state index contributed by atoms with van der Waals surface area (Å²) in [5, 5.41) is 0.485. The van der Waals surface area contributed by atoms with Gasteiger partial charge in [-0.05, 0) is 18.7 Å². The van der Waals surface area contributed by atoms with Gasteiger partial charge in [-0.15, -0.1) is 0 Å². The second-order valence-electron chi connectivity index (χ2n) is 5.08. The van der Waals surface area contributed by atoms with Crippen molar-refractivity contribution in [2.45, 2.75) is 32.9 Å². The molecule has 0 radical (unpaired) electrons. The van der Waals surface area contributed by atoms with E-state index in [2.05, 4.69) is 25.3 Å². The van der Waals surface area contributed by atoms with Gasteiger partial charge in [0.05, 0.1) is 0 Å². The SMILES string of the molecule is CSC(C)c1ccc(C(=O)C(C)(C)C)cc1. The summed E-state index contributed by atoms with van der Waals surface area (Å²) in [5.74, 6) is 0.204. The van der Waals surface area contributed by atoms with E-state index >= 15 is 0 Å². The number of carbonyl (C=O) groups is 1. The minimum Gasteiger partial charge on any atom is -0.294 e. The molecular formula is C14H20OS. The topological polar surface area (TPSA) is 17.1 Å². The zero-order chi connectivity index (χ0) is 12.3. The van der Waals surface area contributed by atoms with Gasteiger partial charge >= 0.3 is 0 Å². The molecule has 0 aliphatic rings. The molecule has 1 rings (SSSR count). The number of rotatable bonds is 3. The maximum Gasteiger partial charge on any atom is 0.168 e. The smallest absolute Gasteiger partial charge is 0.168 e. The van der Waals surface area contributed by atoms with Crippen LogP contribution in [0.5, 0.6) is 0 Å². The zero-order valence-corrected chi connectivity index (χ0v) is 11.5. The first-order valence-electron chi connectivity index (χ1n) is 5.54. The summed E-state index contributed by atoms with van der Waals surface area (Å²) in [7, 11) is 0. The van der Waals surface area contributed by atoms with Gasteiger partial charge in [-0.2, -0.15) is 11.8 Å². The molecule has 16 heavy (non-hydrogen) atoms. The van der Waals surface area contributed by atoms with Gasteiger partial charge in [0.2, 0.25) is 0 Å². The van der Waals surface area contributed by atoms with Gasteiger partial charge in [0.1, 0.15) is 0 Å². The molecule has 0 spiro atoms. The lowest BCUT2D eigenvalue weighted by atomic mass is 9.86. The Hall–Kier alpha value is -0.760. The number of ketones is 1. The highest BCUT2D eigenvalue weighted by atomic mass is 32.2. The summed E-state index contributed by atoms with van der Waals surface area (Å²) < 4.78 is 0. The fourth-order valence-corrected chi connectivity index (χ4v) is 1.90. The van der Waals surface area contributed by atoms with Crippen molar-refractivity contribution >= 4 is 17.5 Å². The van der Waals surface area contributed by atoms with Crippen LogP contribution in [0.15, 0.2) is 24.3 Å². The second kappa shape index (κ2) is 5.05. The molecule has 0 saturated carbocycles. The van der Waals surface area contributed by atoms with Gasteiger partial charge in [-0.1, -0.05) is 45.0 Å². The van der Waals surface area contributed by atoms with E-state index in [1.807, 2.05) is 44.7 Å². The van der Waals surface area contributed by atoms with Crippen molar-refractivity contribution < 1.29 is 4.79 Å². The molecule has 1 atom stereocenters. The average molecular weight is 236 g/mol. The highest BCUT2D eigenvalue weighted by Crippen LogP contribution is 2.27. The molecule has 1 aromatic carbocycles. The van der Waals surface area contributed by atoms with Crippen molar-refractivity contribution in [1.82, 2.24) is 0 Å². The molecule has 0 N–H and O–H groups in total. The van der Waals surface area contributed by atoms with Crippen LogP contribution in [-0.2, 0) is 0 Å². The Bertz CT molecular complexity index is 359. The number of hydrogen-bond acceptors (Lipinski definition) is 2. The minimum absolute atomic E-state index is 0.204. The first-order valence-corrected chi connectivity index (χ1v) is 6.82. The van der Waals surface area contributed by atoms with Gasteiger partial charge in [-0.3, -0.25) is 4.79 Å². The first-order chi connectivity index (χ1) is 7.36. The minimum atomic E-state index is -0.299. The third-order valence-corrected chi connectivity index (χ3v) is 3.66. The molecule has 0 fully saturated rings. The Morgan fingerprint density at radius 3 is 2.06 bits per heavy atom. The summed E-state index contributed by atoms with van der Waals surface area (Å²) >= 11 is 1.81. The Morgan fingerprint density at radius 1 is 1.19 bits per heavy atom. The van der Waals surface area contributed by atoms with Crippen LogP contribution in [0.25, 0.3) is 0 Å². The van der Waals surface area contributed by atoms with Crippen LogP contribution in [0, 0.1) is 5.41 Å². The Morgan fingerprint density at radius 2 is 1.69 bits per heavy atom. The van der Waals surface area contributed by atoms with Crippen LogP contribution in [0.4, 0.5) is 0 Å². The molecule has 0 saturated heterocycles. The van der Waals surface area contributed by atoms with Gasteiger partial charge < -0.3 is 0 Å². The summed E-state index contributed by atoms with van der Waals surface area (Å²) in [6.45, 7) is 8.03. The van der Waals surface area contributed by atoms with Crippen LogP contribution in [-0.4, -0.2) is 12.0 Å². The third kappa shape index (κ3) is 3.11. The summed E-state index contributed by atoms with van der Waals surface area (Å²) in [6, 6.07) is 7.99. The van der Waals surface area contributed by atoms with Crippen LogP contribution in [0.2, 0.25) is 0 Å². The first kappa shape index (κ1) is 13.3. The number of thioether (sulfide) groups is 1. The number of carbonyl (C=O) groups excluding carboxylic acids is 1. The standard InChI is InChI=1S/C14H20OS/c1-10(16-5)11-6-8-12(9-7-11)13(15)14(2,3)4/h6-10H,1-5H3. The van der Waals surface area contributed by atoms with Crippen LogP contribution in [0.1, 0.15) is 48.9 Å². The Kier molecular flexibility index (Phi) is 4.20. The predicted molar refractivity (Wildman–Crippen MR) is 72.2 cm³/mol. The molecule has 1 nitrogen and oxygen atoms in total. The summed E-state index contributed by atoms with van der Waals surface area (Å²) in [5.41, 5.74) is 1.79. The van der Waals surface area contributed by atoms with Crippen LogP contribution < -0.4 is 0 Å². The molecule has 0 bridgehead atoms. The van der Waals surface area contributed by atoms with E-state index in [1.54, 1.807) is 0 Å². The fourth-order valence-electron chi connectivity index (χ4n) is 1.47. The Labute approximate surface area is 103 Å². The van der Waals surface area contributed by atoms with E-state index in [4.69, 9.17) is 0 Å². The second-order valence-corrected chi connectivity index (χ2v) is 6.26. The van der Waals surface area contributed by atoms with Gasteiger partial charge in [-0.25, -0.2) is 0 Å². The molecule has 2 heteroatoms. The molecule has 0 aromatic heterocycles. The quantitative estimate of drug-likeness (QED) is 0.726. The lowest BCUT2D eigenvalue weighted by Crippen LogP contribution is -2.20.